The highest BCUT2D eigenvalue weighted by atomic mass is 35.5. The van der Waals surface area contributed by atoms with Crippen molar-refractivity contribution in [2.24, 2.45) is 5.10 Å². The van der Waals surface area contributed by atoms with Crippen molar-refractivity contribution in [3.63, 3.8) is 0 Å². The minimum Gasteiger partial charge on any atom is -0.395 e. The van der Waals surface area contributed by atoms with Gasteiger partial charge in [0.2, 0.25) is 0 Å². The van der Waals surface area contributed by atoms with Gasteiger partial charge in [-0.15, -0.1) is 0 Å². The molecule has 2 aliphatic heterocycles. The third-order valence-corrected chi connectivity index (χ3v) is 7.85. The largest absolute Gasteiger partial charge is 0.395 e. The zero-order chi connectivity index (χ0) is 25.0. The first-order chi connectivity index (χ1) is 16.8. The van der Waals surface area contributed by atoms with Crippen LogP contribution in [0.5, 0.6) is 0 Å². The molecule has 0 aliphatic carbocycles. The minimum absolute atomic E-state index is 0.00242. The van der Waals surface area contributed by atoms with Crippen molar-refractivity contribution in [2.75, 3.05) is 36.2 Å². The summed E-state index contributed by atoms with van der Waals surface area (Å²) in [5, 5.41) is 17.7. The predicted octanol–water partition coefficient (Wildman–Crippen LogP) is 2.80. The molecule has 4 rings (SSSR count). The Bertz CT molecular complexity index is 1290. The van der Waals surface area contributed by atoms with E-state index in [1.807, 2.05) is 24.3 Å². The van der Waals surface area contributed by atoms with Gasteiger partial charge in [-0.1, -0.05) is 47.2 Å². The Hall–Kier alpha value is -2.61. The van der Waals surface area contributed by atoms with Crippen LogP contribution >= 0.6 is 23.2 Å². The van der Waals surface area contributed by atoms with Crippen molar-refractivity contribution in [1.82, 2.24) is 10.4 Å². The fourth-order valence-corrected chi connectivity index (χ4v) is 5.53. The first-order valence-electron chi connectivity index (χ1n) is 11.0. The lowest BCUT2D eigenvalue weighted by Gasteiger charge is -2.26. The zero-order valence-corrected chi connectivity index (χ0v) is 21.1. The van der Waals surface area contributed by atoms with Gasteiger partial charge >= 0.3 is 0 Å². The van der Waals surface area contributed by atoms with Crippen molar-refractivity contribution < 1.29 is 18.3 Å². The van der Waals surface area contributed by atoms with E-state index in [-0.39, 0.29) is 43.2 Å². The number of hydrazone groups is 1. The summed E-state index contributed by atoms with van der Waals surface area (Å²) in [6.45, 7) is 0.478. The van der Waals surface area contributed by atoms with Gasteiger partial charge in [0.15, 0.2) is 9.84 Å². The summed E-state index contributed by atoms with van der Waals surface area (Å²) >= 11 is 12.5. The number of halogens is 2. The molecule has 1 saturated heterocycles. The highest BCUT2D eigenvalue weighted by molar-refractivity contribution is 7.91. The second-order valence-electron chi connectivity index (χ2n) is 8.18. The van der Waals surface area contributed by atoms with Gasteiger partial charge in [0.25, 0.3) is 5.91 Å². The van der Waals surface area contributed by atoms with Crippen molar-refractivity contribution in [1.29, 1.82) is 0 Å². The maximum atomic E-state index is 13.0. The van der Waals surface area contributed by atoms with E-state index in [1.165, 1.54) is 0 Å². The summed E-state index contributed by atoms with van der Waals surface area (Å²) in [5.41, 5.74) is 5.43. The van der Waals surface area contributed by atoms with Gasteiger partial charge in [0, 0.05) is 36.5 Å². The molecular weight excluding hydrogens is 511 g/mol. The lowest BCUT2D eigenvalue weighted by molar-refractivity contribution is -0.119. The Labute approximate surface area is 214 Å². The van der Waals surface area contributed by atoms with Crippen LogP contribution < -0.4 is 10.4 Å². The molecule has 11 heteroatoms. The summed E-state index contributed by atoms with van der Waals surface area (Å²) in [6, 6.07) is 12.4. The number of hydrazine groups is 1. The third kappa shape index (κ3) is 6.34. The van der Waals surface area contributed by atoms with E-state index in [1.54, 1.807) is 28.2 Å². The van der Waals surface area contributed by atoms with Crippen LogP contribution in [0.25, 0.3) is 0 Å². The molecular formula is C24H24Cl2N4O4S. The van der Waals surface area contributed by atoms with E-state index < -0.39 is 9.84 Å². The number of sulfone groups is 1. The lowest BCUT2D eigenvalue weighted by atomic mass is 10.00. The molecule has 0 saturated carbocycles. The SMILES string of the molecule is O=C(NN1CCS(=O)(=O)CC1)C1=NN(c2ccc(Cl)cc2Cl)[C@@H](c2ccc(C#CCCO)cc2)C1. The summed E-state index contributed by atoms with van der Waals surface area (Å²) in [7, 11) is -3.06. The number of aliphatic hydroxyl groups excluding tert-OH is 1. The number of carbonyl (C=O) groups excluding carboxylic acids is 1. The molecule has 184 valence electrons. The third-order valence-electron chi connectivity index (χ3n) is 5.70. The molecule has 0 bridgehead atoms. The van der Waals surface area contributed by atoms with E-state index >= 15 is 0 Å². The predicted molar refractivity (Wildman–Crippen MR) is 137 cm³/mol. The Morgan fingerprint density at radius 3 is 2.51 bits per heavy atom. The van der Waals surface area contributed by atoms with E-state index in [0.717, 1.165) is 11.1 Å². The summed E-state index contributed by atoms with van der Waals surface area (Å²) in [4.78, 5) is 13.0. The molecule has 0 radical (unpaired) electrons. The average Bonchev–Trinajstić information content (AvgIpc) is 3.26. The van der Waals surface area contributed by atoms with Gasteiger partial charge in [0.05, 0.1) is 34.9 Å². The number of hydrogen-bond acceptors (Lipinski definition) is 7. The number of hydrogen-bond donors (Lipinski definition) is 2. The first kappa shape index (κ1) is 25.5. The molecule has 2 aromatic rings. The van der Waals surface area contributed by atoms with E-state index in [9.17, 15) is 13.2 Å². The number of anilines is 1. The number of nitrogens with one attached hydrogen (secondary N) is 1. The second-order valence-corrected chi connectivity index (χ2v) is 11.3. The first-order valence-corrected chi connectivity index (χ1v) is 13.6. The maximum Gasteiger partial charge on any atom is 0.281 e. The van der Waals surface area contributed by atoms with Gasteiger partial charge in [-0.2, -0.15) is 5.10 Å². The van der Waals surface area contributed by atoms with Gasteiger partial charge in [-0.3, -0.25) is 15.2 Å². The monoisotopic (exact) mass is 534 g/mol. The molecule has 1 atom stereocenters. The topological polar surface area (TPSA) is 102 Å². The molecule has 8 nitrogen and oxygen atoms in total. The Morgan fingerprint density at radius 1 is 1.14 bits per heavy atom. The molecule has 2 N–H and O–H groups in total. The molecule has 35 heavy (non-hydrogen) atoms. The highest BCUT2D eigenvalue weighted by Gasteiger charge is 2.34. The molecule has 2 heterocycles. The summed E-state index contributed by atoms with van der Waals surface area (Å²) < 4.78 is 23.4. The molecule has 2 aromatic carbocycles. The maximum absolute atomic E-state index is 13.0. The van der Waals surface area contributed by atoms with Gasteiger partial charge in [-0.05, 0) is 35.9 Å². The fraction of sp³-hybridized carbons (Fsp3) is 0.333. The van der Waals surface area contributed by atoms with Gasteiger partial charge in [0.1, 0.15) is 5.71 Å². The van der Waals surface area contributed by atoms with E-state index in [4.69, 9.17) is 28.3 Å². The van der Waals surface area contributed by atoms with Crippen LogP contribution in [0.4, 0.5) is 5.69 Å². The second kappa shape index (κ2) is 11.0. The zero-order valence-electron chi connectivity index (χ0n) is 18.7. The molecule has 2 aliphatic rings. The van der Waals surface area contributed by atoms with Crippen LogP contribution in [0.3, 0.4) is 0 Å². The molecule has 0 aromatic heterocycles. The normalized spacial score (nSPS) is 19.6. The van der Waals surface area contributed by atoms with Crippen LogP contribution in [0.15, 0.2) is 47.6 Å². The van der Waals surface area contributed by atoms with Crippen LogP contribution in [-0.2, 0) is 14.6 Å². The average molecular weight is 535 g/mol. The molecule has 1 amide bonds. The quantitative estimate of drug-likeness (QED) is 0.572. The minimum atomic E-state index is -3.06. The number of benzene rings is 2. The Balaban J connectivity index is 1.57. The number of amides is 1. The molecule has 0 spiro atoms. The van der Waals surface area contributed by atoms with Crippen LogP contribution in [0, 0.1) is 11.8 Å². The molecule has 0 unspecified atom stereocenters. The number of rotatable bonds is 5. The summed E-state index contributed by atoms with van der Waals surface area (Å²) in [6.07, 6.45) is 0.731. The fourth-order valence-electron chi connectivity index (χ4n) is 3.84. The highest BCUT2D eigenvalue weighted by Crippen LogP contribution is 2.39. The molecule has 1 fully saturated rings. The lowest BCUT2D eigenvalue weighted by Crippen LogP contribution is -2.51. The number of nitrogens with zero attached hydrogens (tertiary/aromatic N) is 3. The Morgan fingerprint density at radius 2 is 1.86 bits per heavy atom. The van der Waals surface area contributed by atoms with E-state index in [2.05, 4.69) is 22.4 Å². The van der Waals surface area contributed by atoms with Gasteiger partial charge in [-0.25, -0.2) is 13.4 Å². The van der Waals surface area contributed by atoms with Crippen LogP contribution in [0.2, 0.25) is 10.0 Å². The number of carbonyl (C=O) groups is 1. The van der Waals surface area contributed by atoms with Crippen molar-refractivity contribution >= 4 is 50.3 Å². The standard InChI is InChI=1S/C24H24Cl2N4O4S/c25-19-8-9-22(20(26)15-19)30-23(18-6-4-17(5-7-18)3-1-2-12-31)16-21(27-30)24(32)28-29-10-13-35(33,34)14-11-29/h4-9,15,23,31H,2,10-14,16H2,(H,28,32)/t23-/m1/s1. The van der Waals surface area contributed by atoms with Crippen LogP contribution in [-0.4, -0.2) is 61.4 Å². The Kier molecular flexibility index (Phi) is 7.99. The van der Waals surface area contributed by atoms with E-state index in [0.29, 0.717) is 34.3 Å². The van der Waals surface area contributed by atoms with Crippen LogP contribution in [0.1, 0.15) is 30.0 Å². The van der Waals surface area contributed by atoms with Crippen molar-refractivity contribution in [2.45, 2.75) is 18.9 Å². The smallest absolute Gasteiger partial charge is 0.281 e. The number of aliphatic hydroxyl groups is 1. The van der Waals surface area contributed by atoms with Crippen molar-refractivity contribution in [3.05, 3.63) is 63.6 Å². The summed E-state index contributed by atoms with van der Waals surface area (Å²) in [5.74, 6) is 5.52. The van der Waals surface area contributed by atoms with Gasteiger partial charge < -0.3 is 5.11 Å². The van der Waals surface area contributed by atoms with Crippen molar-refractivity contribution in [3.8, 4) is 11.8 Å².